The molecular weight excluding hydrogens is 290 g/mol. The highest BCUT2D eigenvalue weighted by Crippen LogP contribution is 2.30. The highest BCUT2D eigenvalue weighted by Gasteiger charge is 2.30. The van der Waals surface area contributed by atoms with Crippen molar-refractivity contribution >= 4 is 16.0 Å². The molecule has 1 N–H and O–H groups in total. The van der Waals surface area contributed by atoms with Crippen LogP contribution >= 0.6 is 0 Å². The second kappa shape index (κ2) is 6.15. The van der Waals surface area contributed by atoms with Crippen LogP contribution in [0.4, 0.5) is 0 Å². The van der Waals surface area contributed by atoms with E-state index in [1.165, 1.54) is 18.2 Å². The molecule has 1 saturated carbocycles. The van der Waals surface area contributed by atoms with Crippen LogP contribution in [0.3, 0.4) is 0 Å². The quantitative estimate of drug-likeness (QED) is 0.904. The van der Waals surface area contributed by atoms with Crippen molar-refractivity contribution in [3.63, 3.8) is 0 Å². The Morgan fingerprint density at radius 3 is 2.67 bits per heavy atom. The smallest absolute Gasteiger partial charge is 0.240 e. The van der Waals surface area contributed by atoms with E-state index in [2.05, 4.69) is 18.6 Å². The van der Waals surface area contributed by atoms with E-state index >= 15 is 0 Å². The number of hydrogen-bond donors (Lipinski definition) is 1. The summed E-state index contributed by atoms with van der Waals surface area (Å²) in [5.41, 5.74) is -0.136. The summed E-state index contributed by atoms with van der Waals surface area (Å²) < 4.78 is 27.5. The van der Waals surface area contributed by atoms with Crippen molar-refractivity contribution in [2.24, 2.45) is 11.8 Å². The molecule has 6 heteroatoms. The van der Waals surface area contributed by atoms with Crippen LogP contribution in [0, 0.1) is 11.8 Å². The molecule has 0 aliphatic heterocycles. The minimum Gasteiger partial charge on any atom is -0.545 e. The SMILES string of the molecule is C[C@@H]1[C@H](C)CCC[C@@H]1NS(=O)(=O)c1cccc(C(=O)[O-])c1. The third kappa shape index (κ3) is 3.63. The van der Waals surface area contributed by atoms with Gasteiger partial charge in [0.2, 0.25) is 10.0 Å². The monoisotopic (exact) mass is 310 g/mol. The summed E-state index contributed by atoms with van der Waals surface area (Å²) >= 11 is 0. The molecule has 1 fully saturated rings. The van der Waals surface area contributed by atoms with E-state index in [1.807, 2.05) is 0 Å². The van der Waals surface area contributed by atoms with Gasteiger partial charge in [-0.3, -0.25) is 0 Å². The Hall–Kier alpha value is -1.40. The molecule has 2 rings (SSSR count). The van der Waals surface area contributed by atoms with Gasteiger partial charge >= 0.3 is 0 Å². The van der Waals surface area contributed by atoms with Gasteiger partial charge in [-0.05, 0) is 36.0 Å². The molecule has 1 aliphatic rings. The summed E-state index contributed by atoms with van der Waals surface area (Å²) in [6.07, 6.45) is 2.92. The molecule has 3 atom stereocenters. The maximum Gasteiger partial charge on any atom is 0.240 e. The number of hydrogen-bond acceptors (Lipinski definition) is 4. The van der Waals surface area contributed by atoms with E-state index in [4.69, 9.17) is 0 Å². The predicted octanol–water partition coefficient (Wildman–Crippen LogP) is 1.15. The molecule has 1 aromatic rings. The van der Waals surface area contributed by atoms with E-state index in [9.17, 15) is 18.3 Å². The summed E-state index contributed by atoms with van der Waals surface area (Å²) in [6.45, 7) is 4.18. The number of carboxylic acids is 1. The lowest BCUT2D eigenvalue weighted by Crippen LogP contribution is -2.43. The van der Waals surface area contributed by atoms with E-state index in [0.29, 0.717) is 5.92 Å². The largest absolute Gasteiger partial charge is 0.545 e. The Morgan fingerprint density at radius 1 is 1.29 bits per heavy atom. The summed E-state index contributed by atoms with van der Waals surface area (Å²) in [5.74, 6) is -0.648. The molecular formula is C15H20NO4S-. The van der Waals surface area contributed by atoms with Gasteiger partial charge in [0, 0.05) is 6.04 Å². The predicted molar refractivity (Wildman–Crippen MR) is 77.1 cm³/mol. The first-order valence-electron chi connectivity index (χ1n) is 7.15. The highest BCUT2D eigenvalue weighted by molar-refractivity contribution is 7.89. The van der Waals surface area contributed by atoms with Gasteiger partial charge in [0.15, 0.2) is 0 Å². The molecule has 1 aliphatic carbocycles. The van der Waals surface area contributed by atoms with Crippen LogP contribution in [-0.2, 0) is 10.0 Å². The van der Waals surface area contributed by atoms with Crippen molar-refractivity contribution in [3.8, 4) is 0 Å². The van der Waals surface area contributed by atoms with Gasteiger partial charge in [-0.15, -0.1) is 0 Å². The Balaban J connectivity index is 2.22. The maximum absolute atomic E-state index is 12.4. The van der Waals surface area contributed by atoms with Crippen LogP contribution < -0.4 is 9.83 Å². The normalized spacial score (nSPS) is 26.5. The topological polar surface area (TPSA) is 86.3 Å². The number of sulfonamides is 1. The second-order valence-electron chi connectivity index (χ2n) is 5.81. The lowest BCUT2D eigenvalue weighted by atomic mass is 9.78. The summed E-state index contributed by atoms with van der Waals surface area (Å²) in [5, 5.41) is 10.8. The first-order chi connectivity index (χ1) is 9.81. The van der Waals surface area contributed by atoms with Gasteiger partial charge in [0.1, 0.15) is 0 Å². The molecule has 0 saturated heterocycles. The Labute approximate surface area is 125 Å². The van der Waals surface area contributed by atoms with Crippen LogP contribution in [0.15, 0.2) is 29.2 Å². The second-order valence-corrected chi connectivity index (χ2v) is 7.52. The van der Waals surface area contributed by atoms with Crippen molar-refractivity contribution in [3.05, 3.63) is 29.8 Å². The zero-order chi connectivity index (χ0) is 15.6. The molecule has 0 radical (unpaired) electrons. The van der Waals surface area contributed by atoms with Crippen molar-refractivity contribution in [1.82, 2.24) is 4.72 Å². The van der Waals surface area contributed by atoms with Crippen LogP contribution in [0.1, 0.15) is 43.5 Å². The molecule has 116 valence electrons. The van der Waals surface area contributed by atoms with Gasteiger partial charge in [-0.25, -0.2) is 13.1 Å². The fourth-order valence-corrected chi connectivity index (χ4v) is 4.21. The molecule has 0 amide bonds. The Bertz CT molecular complexity index is 626. The average Bonchev–Trinajstić information content (AvgIpc) is 2.44. The first kappa shape index (κ1) is 16.0. The number of carbonyl (C=O) groups is 1. The van der Waals surface area contributed by atoms with Crippen LogP contribution in [-0.4, -0.2) is 20.4 Å². The summed E-state index contributed by atoms with van der Waals surface area (Å²) in [4.78, 5) is 10.8. The number of aromatic carboxylic acids is 1. The maximum atomic E-state index is 12.4. The fraction of sp³-hybridized carbons (Fsp3) is 0.533. The first-order valence-corrected chi connectivity index (χ1v) is 8.63. The van der Waals surface area contributed by atoms with Gasteiger partial charge in [-0.2, -0.15) is 0 Å². The number of carbonyl (C=O) groups excluding carboxylic acids is 1. The number of benzene rings is 1. The van der Waals surface area contributed by atoms with Crippen molar-refractivity contribution in [1.29, 1.82) is 0 Å². The zero-order valence-electron chi connectivity index (χ0n) is 12.2. The minimum absolute atomic E-state index is 0.0328. The average molecular weight is 310 g/mol. The molecule has 21 heavy (non-hydrogen) atoms. The summed E-state index contributed by atoms with van der Waals surface area (Å²) in [7, 11) is -3.71. The van der Waals surface area contributed by atoms with Crippen LogP contribution in [0.25, 0.3) is 0 Å². The van der Waals surface area contributed by atoms with E-state index in [0.717, 1.165) is 25.3 Å². The van der Waals surface area contributed by atoms with Gasteiger partial charge in [0.05, 0.1) is 10.9 Å². The van der Waals surface area contributed by atoms with Crippen molar-refractivity contribution in [2.75, 3.05) is 0 Å². The molecule has 0 heterocycles. The highest BCUT2D eigenvalue weighted by atomic mass is 32.2. The number of nitrogens with one attached hydrogen (secondary N) is 1. The van der Waals surface area contributed by atoms with Crippen molar-refractivity contribution < 1.29 is 18.3 Å². The summed E-state index contributed by atoms with van der Waals surface area (Å²) in [6, 6.07) is 5.15. The van der Waals surface area contributed by atoms with E-state index in [1.54, 1.807) is 0 Å². The number of carboxylic acid groups (broad SMARTS) is 1. The molecule has 0 aromatic heterocycles. The molecule has 0 spiro atoms. The molecule has 1 aromatic carbocycles. The standard InChI is InChI=1S/C15H21NO4S/c1-10-5-3-8-14(11(10)2)16-21(19,20)13-7-4-6-12(9-13)15(17)18/h4,6-7,9-11,14,16H,3,5,8H2,1-2H3,(H,17,18)/p-1/t10-,11-,14+/m1/s1. The lowest BCUT2D eigenvalue weighted by Gasteiger charge is -2.34. The number of rotatable bonds is 4. The van der Waals surface area contributed by atoms with Gasteiger partial charge in [-0.1, -0.05) is 38.8 Å². The Kier molecular flexibility index (Phi) is 4.68. The fourth-order valence-electron chi connectivity index (χ4n) is 2.81. The minimum atomic E-state index is -3.71. The van der Waals surface area contributed by atoms with Crippen LogP contribution in [0.2, 0.25) is 0 Å². The van der Waals surface area contributed by atoms with E-state index in [-0.39, 0.29) is 22.4 Å². The molecule has 0 unspecified atom stereocenters. The van der Waals surface area contributed by atoms with Gasteiger partial charge < -0.3 is 9.90 Å². The Morgan fingerprint density at radius 2 is 2.00 bits per heavy atom. The van der Waals surface area contributed by atoms with Crippen molar-refractivity contribution in [2.45, 2.75) is 44.0 Å². The van der Waals surface area contributed by atoms with Gasteiger partial charge in [0.25, 0.3) is 0 Å². The van der Waals surface area contributed by atoms with E-state index < -0.39 is 16.0 Å². The third-order valence-electron chi connectivity index (χ3n) is 4.39. The zero-order valence-corrected chi connectivity index (χ0v) is 13.0. The molecule has 5 nitrogen and oxygen atoms in total. The lowest BCUT2D eigenvalue weighted by molar-refractivity contribution is -0.255. The molecule has 0 bridgehead atoms. The van der Waals surface area contributed by atoms with Crippen LogP contribution in [0.5, 0.6) is 0 Å². The third-order valence-corrected chi connectivity index (χ3v) is 5.88.